The second-order valence-electron chi connectivity index (χ2n) is 4.42. The summed E-state index contributed by atoms with van der Waals surface area (Å²) in [4.78, 5) is 10.0. The first kappa shape index (κ1) is 14.8. The second-order valence-corrected chi connectivity index (χ2v) is 4.42. The predicted molar refractivity (Wildman–Crippen MR) is 68.6 cm³/mol. The first-order valence-corrected chi connectivity index (χ1v) is 5.86. The summed E-state index contributed by atoms with van der Waals surface area (Å²) in [7, 11) is 0. The summed E-state index contributed by atoms with van der Waals surface area (Å²) in [5.74, 6) is -0.204. The molecule has 112 valence electrons. The topological polar surface area (TPSA) is 87.0 Å². The van der Waals surface area contributed by atoms with E-state index in [0.717, 1.165) is 23.0 Å². The molecule has 0 saturated carbocycles. The third-order valence-corrected chi connectivity index (χ3v) is 3.07. The van der Waals surface area contributed by atoms with Crippen molar-refractivity contribution in [3.05, 3.63) is 51.7 Å². The second kappa shape index (κ2) is 5.08. The van der Waals surface area contributed by atoms with Crippen LogP contribution in [0.5, 0.6) is 0 Å². The number of hydrogen-bond donors (Lipinski definition) is 1. The van der Waals surface area contributed by atoms with Crippen molar-refractivity contribution < 1.29 is 18.1 Å². The van der Waals surface area contributed by atoms with Crippen LogP contribution in [0.1, 0.15) is 24.1 Å². The molecule has 0 aliphatic rings. The van der Waals surface area contributed by atoms with E-state index in [1.807, 2.05) is 0 Å². The van der Waals surface area contributed by atoms with Gasteiger partial charge in [0.05, 0.1) is 16.5 Å². The highest BCUT2D eigenvalue weighted by Gasteiger charge is 2.31. The minimum Gasteiger partial charge on any atom is -0.378 e. The lowest BCUT2D eigenvalue weighted by atomic mass is 10.1. The van der Waals surface area contributed by atoms with Crippen molar-refractivity contribution in [1.29, 1.82) is 0 Å². The SMILES string of the molecule is CC(c1cccc(C(F)(F)F)c1)n1ncc([N+](=O)[O-])c1N. The fraction of sp³-hybridized carbons (Fsp3) is 0.250. The highest BCUT2D eigenvalue weighted by Crippen LogP contribution is 2.32. The quantitative estimate of drug-likeness (QED) is 0.697. The Kier molecular flexibility index (Phi) is 3.58. The highest BCUT2D eigenvalue weighted by molar-refractivity contribution is 5.52. The number of alkyl halides is 3. The molecular weight excluding hydrogens is 289 g/mol. The summed E-state index contributed by atoms with van der Waals surface area (Å²) in [6.07, 6.45) is -3.49. The summed E-state index contributed by atoms with van der Waals surface area (Å²) >= 11 is 0. The molecule has 6 nitrogen and oxygen atoms in total. The van der Waals surface area contributed by atoms with Crippen LogP contribution in [0.15, 0.2) is 30.5 Å². The third-order valence-electron chi connectivity index (χ3n) is 3.07. The van der Waals surface area contributed by atoms with Crippen molar-refractivity contribution in [1.82, 2.24) is 9.78 Å². The maximum Gasteiger partial charge on any atom is 0.416 e. The van der Waals surface area contributed by atoms with Crippen molar-refractivity contribution in [2.24, 2.45) is 0 Å². The molecule has 0 aliphatic carbocycles. The van der Waals surface area contributed by atoms with E-state index in [9.17, 15) is 23.3 Å². The van der Waals surface area contributed by atoms with E-state index < -0.39 is 22.7 Å². The van der Waals surface area contributed by atoms with E-state index >= 15 is 0 Å². The molecule has 0 aliphatic heterocycles. The molecular formula is C12H11F3N4O2. The molecule has 1 atom stereocenters. The fourth-order valence-corrected chi connectivity index (χ4v) is 1.93. The van der Waals surface area contributed by atoms with Crippen LogP contribution in [0.25, 0.3) is 0 Å². The van der Waals surface area contributed by atoms with Crippen LogP contribution in [0.3, 0.4) is 0 Å². The van der Waals surface area contributed by atoms with Crippen molar-refractivity contribution in [2.75, 3.05) is 5.73 Å². The zero-order chi connectivity index (χ0) is 15.8. The van der Waals surface area contributed by atoms with Gasteiger partial charge in [0.2, 0.25) is 5.82 Å². The number of anilines is 1. The Bertz CT molecular complexity index is 681. The van der Waals surface area contributed by atoms with Crippen LogP contribution in [0, 0.1) is 10.1 Å². The number of nitrogens with two attached hydrogens (primary N) is 1. The Hall–Kier alpha value is -2.58. The Labute approximate surface area is 117 Å². The Morgan fingerprint density at radius 1 is 1.43 bits per heavy atom. The van der Waals surface area contributed by atoms with Gasteiger partial charge in [-0.25, -0.2) is 4.68 Å². The minimum atomic E-state index is -4.46. The molecule has 0 saturated heterocycles. The number of halogens is 3. The van der Waals surface area contributed by atoms with E-state index in [1.54, 1.807) is 6.92 Å². The summed E-state index contributed by atoms with van der Waals surface area (Å²) in [6.45, 7) is 1.56. The number of hydrogen-bond acceptors (Lipinski definition) is 4. The van der Waals surface area contributed by atoms with Gasteiger partial charge in [-0.05, 0) is 24.6 Å². The van der Waals surface area contributed by atoms with E-state index in [-0.39, 0.29) is 11.5 Å². The van der Waals surface area contributed by atoms with Gasteiger partial charge in [-0.15, -0.1) is 0 Å². The first-order chi connectivity index (χ1) is 9.71. The van der Waals surface area contributed by atoms with Crippen LogP contribution in [0.4, 0.5) is 24.7 Å². The zero-order valence-corrected chi connectivity index (χ0v) is 10.8. The Morgan fingerprint density at radius 3 is 2.62 bits per heavy atom. The van der Waals surface area contributed by atoms with E-state index in [2.05, 4.69) is 5.10 Å². The lowest BCUT2D eigenvalue weighted by molar-refractivity contribution is -0.384. The van der Waals surface area contributed by atoms with E-state index in [4.69, 9.17) is 5.73 Å². The first-order valence-electron chi connectivity index (χ1n) is 5.86. The molecule has 0 spiro atoms. The number of nitrogens with zero attached hydrogens (tertiary/aromatic N) is 3. The van der Waals surface area contributed by atoms with Crippen LogP contribution in [-0.4, -0.2) is 14.7 Å². The molecule has 0 amide bonds. The number of nitrogen functional groups attached to an aromatic ring is 1. The standard InChI is InChI=1S/C12H11F3N4O2/c1-7(18-11(16)10(6-17-18)19(20)21)8-3-2-4-9(5-8)12(13,14)15/h2-7H,16H2,1H3. The maximum atomic E-state index is 12.7. The van der Waals surface area contributed by atoms with Crippen molar-refractivity contribution in [3.63, 3.8) is 0 Å². The van der Waals surface area contributed by atoms with Gasteiger partial charge < -0.3 is 5.73 Å². The van der Waals surface area contributed by atoms with Crippen LogP contribution in [-0.2, 0) is 6.18 Å². The molecule has 1 heterocycles. The number of nitro groups is 1. The molecule has 0 bridgehead atoms. The molecule has 21 heavy (non-hydrogen) atoms. The Morgan fingerprint density at radius 2 is 2.10 bits per heavy atom. The smallest absolute Gasteiger partial charge is 0.378 e. The highest BCUT2D eigenvalue weighted by atomic mass is 19.4. The van der Waals surface area contributed by atoms with Gasteiger partial charge in [-0.3, -0.25) is 10.1 Å². The predicted octanol–water partition coefficient (Wildman–Crippen LogP) is 3.00. The number of benzene rings is 1. The average Bonchev–Trinajstić information content (AvgIpc) is 2.79. The van der Waals surface area contributed by atoms with Crippen molar-refractivity contribution in [2.45, 2.75) is 19.1 Å². The van der Waals surface area contributed by atoms with Gasteiger partial charge in [-0.1, -0.05) is 12.1 Å². The number of aromatic nitrogens is 2. The largest absolute Gasteiger partial charge is 0.416 e. The van der Waals surface area contributed by atoms with Crippen LogP contribution in [0.2, 0.25) is 0 Å². The van der Waals surface area contributed by atoms with E-state index in [1.165, 1.54) is 12.1 Å². The molecule has 2 N–H and O–H groups in total. The average molecular weight is 300 g/mol. The molecule has 1 unspecified atom stereocenters. The van der Waals surface area contributed by atoms with Crippen molar-refractivity contribution in [3.8, 4) is 0 Å². The molecule has 1 aromatic heterocycles. The van der Waals surface area contributed by atoms with E-state index in [0.29, 0.717) is 5.56 Å². The molecule has 0 radical (unpaired) electrons. The third kappa shape index (κ3) is 2.81. The fourth-order valence-electron chi connectivity index (χ4n) is 1.93. The van der Waals surface area contributed by atoms with Gasteiger partial charge in [0, 0.05) is 0 Å². The zero-order valence-electron chi connectivity index (χ0n) is 10.8. The summed E-state index contributed by atoms with van der Waals surface area (Å²) in [5, 5.41) is 14.5. The summed E-state index contributed by atoms with van der Waals surface area (Å²) in [5.41, 5.74) is 4.72. The van der Waals surface area contributed by atoms with Crippen molar-refractivity contribution >= 4 is 11.5 Å². The monoisotopic (exact) mass is 300 g/mol. The molecule has 2 aromatic rings. The van der Waals surface area contributed by atoms with Gasteiger partial charge >= 0.3 is 11.9 Å². The van der Waals surface area contributed by atoms with Crippen LogP contribution >= 0.6 is 0 Å². The Balaban J connectivity index is 2.41. The lowest BCUT2D eigenvalue weighted by Gasteiger charge is -2.15. The van der Waals surface area contributed by atoms with Gasteiger partial charge in [-0.2, -0.15) is 18.3 Å². The molecule has 2 rings (SSSR count). The molecule has 9 heteroatoms. The molecule has 1 aromatic carbocycles. The summed E-state index contributed by atoms with van der Waals surface area (Å²) in [6, 6.07) is 4.00. The minimum absolute atomic E-state index is 0.204. The summed E-state index contributed by atoms with van der Waals surface area (Å²) < 4.78 is 39.2. The van der Waals surface area contributed by atoms with Gasteiger partial charge in [0.15, 0.2) is 0 Å². The molecule has 0 fully saturated rings. The van der Waals surface area contributed by atoms with Gasteiger partial charge in [0.1, 0.15) is 6.20 Å². The number of rotatable bonds is 3. The lowest BCUT2D eigenvalue weighted by Crippen LogP contribution is -2.13. The maximum absolute atomic E-state index is 12.7. The van der Waals surface area contributed by atoms with Gasteiger partial charge in [0.25, 0.3) is 0 Å². The normalized spacial score (nSPS) is 13.1. The van der Waals surface area contributed by atoms with Crippen LogP contribution < -0.4 is 5.73 Å².